The van der Waals surface area contributed by atoms with Gasteiger partial charge in [-0.25, -0.2) is 4.98 Å². The summed E-state index contributed by atoms with van der Waals surface area (Å²) in [6, 6.07) is 7.26. The Hall–Kier alpha value is -2.75. The Bertz CT molecular complexity index is 943. The largest absolute Gasteiger partial charge is 0.471 e. The maximum Gasteiger partial charge on any atom is 0.471 e. The summed E-state index contributed by atoms with van der Waals surface area (Å²) in [7, 11) is 1.90. The van der Waals surface area contributed by atoms with Gasteiger partial charge in [0.05, 0.1) is 5.69 Å². The molecule has 7 nitrogen and oxygen atoms in total. The summed E-state index contributed by atoms with van der Waals surface area (Å²) in [5.74, 6) is -1.27. The van der Waals surface area contributed by atoms with Crippen molar-refractivity contribution in [1.29, 1.82) is 0 Å². The van der Waals surface area contributed by atoms with E-state index in [-0.39, 0.29) is 17.4 Å². The van der Waals surface area contributed by atoms with Crippen LogP contribution in [0.1, 0.15) is 36.0 Å². The third kappa shape index (κ3) is 4.06. The van der Waals surface area contributed by atoms with Crippen LogP contribution in [-0.4, -0.2) is 42.9 Å². The third-order valence-electron chi connectivity index (χ3n) is 4.83. The molecule has 4 heterocycles. The fourth-order valence-electron chi connectivity index (χ4n) is 3.41. The molecule has 3 aromatic heterocycles. The van der Waals surface area contributed by atoms with E-state index in [1.165, 1.54) is 0 Å². The van der Waals surface area contributed by atoms with Crippen LogP contribution in [0, 0.1) is 0 Å². The van der Waals surface area contributed by atoms with E-state index in [1.54, 1.807) is 16.8 Å². The second kappa shape index (κ2) is 7.34. The van der Waals surface area contributed by atoms with Crippen LogP contribution in [0.5, 0.6) is 0 Å². The Morgan fingerprint density at radius 1 is 1.14 bits per heavy atom. The molecule has 4 rings (SSSR count). The fraction of sp³-hybridized carbons (Fsp3) is 0.444. The maximum absolute atomic E-state index is 12.7. The van der Waals surface area contributed by atoms with Crippen LogP contribution >= 0.6 is 0 Å². The number of aryl methyl sites for hydroxylation is 1. The standard InChI is InChI=1S/C18H19F3N6O/c1-26-8-7-13(24-26)11-27-9-5-12(6-10-27)14-3-2-4-15(22-14)16-23-17(28-25-16)18(19,20)21/h2-4,7-8,12H,5-6,9-11H2,1H3. The van der Waals surface area contributed by atoms with Crippen LogP contribution in [0.2, 0.25) is 0 Å². The number of rotatable bonds is 4. The first kappa shape index (κ1) is 18.6. The summed E-state index contributed by atoms with van der Waals surface area (Å²) in [5, 5.41) is 7.82. The zero-order chi connectivity index (χ0) is 19.7. The van der Waals surface area contributed by atoms with Gasteiger partial charge < -0.3 is 4.52 Å². The molecule has 0 radical (unpaired) electrons. The van der Waals surface area contributed by atoms with Gasteiger partial charge in [-0.1, -0.05) is 11.2 Å². The normalized spacial score (nSPS) is 16.6. The summed E-state index contributed by atoms with van der Waals surface area (Å²) in [5.41, 5.74) is 2.17. The lowest BCUT2D eigenvalue weighted by atomic mass is 9.93. The van der Waals surface area contributed by atoms with Gasteiger partial charge in [-0.15, -0.1) is 0 Å². The van der Waals surface area contributed by atoms with Crippen LogP contribution in [0.4, 0.5) is 13.2 Å². The number of nitrogens with zero attached hydrogens (tertiary/aromatic N) is 6. The summed E-state index contributed by atoms with van der Waals surface area (Å²) in [6.07, 6.45) is -0.893. The van der Waals surface area contributed by atoms with Gasteiger partial charge in [0.1, 0.15) is 5.69 Å². The first-order chi connectivity index (χ1) is 13.4. The number of pyridine rings is 1. The predicted molar refractivity (Wildman–Crippen MR) is 93.0 cm³/mol. The van der Waals surface area contributed by atoms with E-state index >= 15 is 0 Å². The molecule has 1 aliphatic heterocycles. The van der Waals surface area contributed by atoms with Crippen LogP contribution in [0.15, 0.2) is 35.0 Å². The molecule has 3 aromatic rings. The van der Waals surface area contributed by atoms with E-state index in [0.717, 1.165) is 43.9 Å². The highest BCUT2D eigenvalue weighted by atomic mass is 19.4. The molecule has 0 N–H and O–H groups in total. The molecule has 10 heteroatoms. The molecule has 0 bridgehead atoms. The predicted octanol–water partition coefficient (Wildman–Crippen LogP) is 3.26. The van der Waals surface area contributed by atoms with E-state index in [0.29, 0.717) is 0 Å². The Morgan fingerprint density at radius 2 is 1.93 bits per heavy atom. The average Bonchev–Trinajstić information content (AvgIpc) is 3.32. The second-order valence-corrected chi connectivity index (χ2v) is 6.90. The zero-order valence-corrected chi connectivity index (χ0v) is 15.2. The quantitative estimate of drug-likeness (QED) is 0.679. The maximum atomic E-state index is 12.7. The van der Waals surface area contributed by atoms with Crippen LogP contribution in [-0.2, 0) is 19.8 Å². The van der Waals surface area contributed by atoms with Crippen molar-refractivity contribution in [2.24, 2.45) is 7.05 Å². The molecule has 1 saturated heterocycles. The van der Waals surface area contributed by atoms with Gasteiger partial charge in [0.25, 0.3) is 0 Å². The Labute approximate surface area is 159 Å². The third-order valence-corrected chi connectivity index (χ3v) is 4.83. The Kier molecular flexibility index (Phi) is 4.88. The van der Waals surface area contributed by atoms with Crippen LogP contribution in [0.25, 0.3) is 11.5 Å². The van der Waals surface area contributed by atoms with E-state index < -0.39 is 12.1 Å². The van der Waals surface area contributed by atoms with Crippen molar-refractivity contribution in [1.82, 2.24) is 29.8 Å². The first-order valence-corrected chi connectivity index (χ1v) is 8.97. The van der Waals surface area contributed by atoms with E-state index in [2.05, 4.69) is 29.6 Å². The summed E-state index contributed by atoms with van der Waals surface area (Å²) in [6.45, 7) is 2.63. The highest BCUT2D eigenvalue weighted by Gasteiger charge is 2.38. The monoisotopic (exact) mass is 392 g/mol. The average molecular weight is 392 g/mol. The van der Waals surface area contributed by atoms with Crippen molar-refractivity contribution < 1.29 is 17.7 Å². The van der Waals surface area contributed by atoms with Crippen molar-refractivity contribution in [2.75, 3.05) is 13.1 Å². The number of piperidine rings is 1. The lowest BCUT2D eigenvalue weighted by molar-refractivity contribution is -0.159. The minimum Gasteiger partial charge on any atom is -0.329 e. The SMILES string of the molecule is Cn1ccc(CN2CCC(c3cccc(-c4noc(C(F)(F)F)n4)n3)CC2)n1. The molecular formula is C18H19F3N6O. The molecule has 1 fully saturated rings. The van der Waals surface area contributed by atoms with Gasteiger partial charge in [-0.05, 0) is 44.1 Å². The van der Waals surface area contributed by atoms with Crippen molar-refractivity contribution in [2.45, 2.75) is 31.5 Å². The minimum absolute atomic E-state index is 0.151. The minimum atomic E-state index is -4.66. The van der Waals surface area contributed by atoms with Gasteiger partial charge in [0.2, 0.25) is 5.82 Å². The number of aromatic nitrogens is 5. The summed E-state index contributed by atoms with van der Waals surface area (Å²) in [4.78, 5) is 10.2. The molecular weight excluding hydrogens is 373 g/mol. The molecule has 1 aliphatic rings. The van der Waals surface area contributed by atoms with E-state index in [1.807, 2.05) is 25.4 Å². The van der Waals surface area contributed by atoms with E-state index in [9.17, 15) is 13.2 Å². The lowest BCUT2D eigenvalue weighted by Crippen LogP contribution is -2.32. The molecule has 148 valence electrons. The number of alkyl halides is 3. The molecule has 0 spiro atoms. The molecule has 28 heavy (non-hydrogen) atoms. The van der Waals surface area contributed by atoms with Crippen LogP contribution < -0.4 is 0 Å². The van der Waals surface area contributed by atoms with Gasteiger partial charge in [0, 0.05) is 31.4 Å². The Balaban J connectivity index is 1.42. The lowest BCUT2D eigenvalue weighted by Gasteiger charge is -2.31. The fourth-order valence-corrected chi connectivity index (χ4v) is 3.41. The molecule has 0 aliphatic carbocycles. The van der Waals surface area contributed by atoms with Crippen molar-refractivity contribution in [3.8, 4) is 11.5 Å². The number of halogens is 3. The molecule has 0 unspecified atom stereocenters. The first-order valence-electron chi connectivity index (χ1n) is 8.97. The highest BCUT2D eigenvalue weighted by Crippen LogP contribution is 2.31. The van der Waals surface area contributed by atoms with Crippen molar-refractivity contribution >= 4 is 0 Å². The van der Waals surface area contributed by atoms with Crippen LogP contribution in [0.3, 0.4) is 0 Å². The summed E-state index contributed by atoms with van der Waals surface area (Å²) < 4.78 is 44.1. The number of hydrogen-bond donors (Lipinski definition) is 0. The molecule has 0 aromatic carbocycles. The van der Waals surface area contributed by atoms with Gasteiger partial charge in [0.15, 0.2) is 0 Å². The van der Waals surface area contributed by atoms with Crippen molar-refractivity contribution in [3.63, 3.8) is 0 Å². The van der Waals surface area contributed by atoms with Crippen molar-refractivity contribution in [3.05, 3.63) is 47.7 Å². The number of hydrogen-bond acceptors (Lipinski definition) is 6. The smallest absolute Gasteiger partial charge is 0.329 e. The molecule has 0 atom stereocenters. The van der Waals surface area contributed by atoms with E-state index in [4.69, 9.17) is 0 Å². The highest BCUT2D eigenvalue weighted by molar-refractivity contribution is 5.48. The van der Waals surface area contributed by atoms with Gasteiger partial charge in [-0.3, -0.25) is 9.58 Å². The summed E-state index contributed by atoms with van der Waals surface area (Å²) >= 11 is 0. The molecule has 0 amide bonds. The topological polar surface area (TPSA) is 72.9 Å². The zero-order valence-electron chi connectivity index (χ0n) is 15.2. The Morgan fingerprint density at radius 3 is 2.57 bits per heavy atom. The van der Waals surface area contributed by atoms with Gasteiger partial charge >= 0.3 is 12.1 Å². The second-order valence-electron chi connectivity index (χ2n) is 6.90. The van der Waals surface area contributed by atoms with Gasteiger partial charge in [-0.2, -0.15) is 23.3 Å². The molecule has 0 saturated carbocycles. The number of likely N-dealkylation sites (tertiary alicyclic amines) is 1.